The fourth-order valence-corrected chi connectivity index (χ4v) is 3.20. The lowest BCUT2D eigenvalue weighted by molar-refractivity contribution is 0.0743. The molecule has 2 fully saturated rings. The van der Waals surface area contributed by atoms with Gasteiger partial charge in [-0.25, -0.2) is 0 Å². The molecule has 88 valence electrons. The van der Waals surface area contributed by atoms with E-state index >= 15 is 0 Å². The summed E-state index contributed by atoms with van der Waals surface area (Å²) in [5.41, 5.74) is 0. The van der Waals surface area contributed by atoms with Crippen LogP contribution in [0.2, 0.25) is 0 Å². The third kappa shape index (κ3) is 2.54. The van der Waals surface area contributed by atoms with Gasteiger partial charge in [-0.2, -0.15) is 0 Å². The van der Waals surface area contributed by atoms with Gasteiger partial charge in [0.2, 0.25) is 0 Å². The van der Waals surface area contributed by atoms with E-state index in [2.05, 4.69) is 18.7 Å². The lowest BCUT2D eigenvalue weighted by Gasteiger charge is -2.24. The minimum atomic E-state index is -0.117. The lowest BCUT2D eigenvalue weighted by atomic mass is 10.0. The summed E-state index contributed by atoms with van der Waals surface area (Å²) in [6.45, 7) is 7.71. The first kappa shape index (κ1) is 11.4. The number of hydrogen-bond acceptors (Lipinski definition) is 2. The second-order valence-electron chi connectivity index (χ2n) is 5.62. The fraction of sp³-hybridized carbons (Fsp3) is 1.00. The molecule has 2 heteroatoms. The van der Waals surface area contributed by atoms with E-state index in [9.17, 15) is 5.11 Å². The Bertz CT molecular complexity index is 195. The molecule has 0 aromatic rings. The third-order valence-electron chi connectivity index (χ3n) is 4.55. The molecule has 15 heavy (non-hydrogen) atoms. The number of likely N-dealkylation sites (tertiary alicyclic amines) is 1. The molecule has 2 nitrogen and oxygen atoms in total. The zero-order valence-corrected chi connectivity index (χ0v) is 10.2. The van der Waals surface area contributed by atoms with Crippen LogP contribution >= 0.6 is 0 Å². The van der Waals surface area contributed by atoms with Crippen LogP contribution in [0.3, 0.4) is 0 Å². The van der Waals surface area contributed by atoms with Gasteiger partial charge < -0.3 is 10.0 Å². The van der Waals surface area contributed by atoms with Gasteiger partial charge in [0.15, 0.2) is 0 Å². The van der Waals surface area contributed by atoms with E-state index in [0.717, 1.165) is 24.8 Å². The molecular formula is C13H25NO. The zero-order chi connectivity index (χ0) is 10.8. The van der Waals surface area contributed by atoms with Crippen molar-refractivity contribution in [3.8, 4) is 0 Å². The van der Waals surface area contributed by atoms with Crippen molar-refractivity contribution in [1.29, 1.82) is 0 Å². The quantitative estimate of drug-likeness (QED) is 0.770. The normalized spacial score (nSPS) is 35.4. The van der Waals surface area contributed by atoms with Crippen molar-refractivity contribution < 1.29 is 5.11 Å². The third-order valence-corrected chi connectivity index (χ3v) is 4.55. The molecule has 1 aliphatic heterocycles. The molecule has 4 unspecified atom stereocenters. The van der Waals surface area contributed by atoms with Gasteiger partial charge in [0.05, 0.1) is 6.10 Å². The largest absolute Gasteiger partial charge is 0.392 e. The Morgan fingerprint density at radius 2 is 1.87 bits per heavy atom. The zero-order valence-electron chi connectivity index (χ0n) is 10.2. The van der Waals surface area contributed by atoms with Crippen LogP contribution < -0.4 is 0 Å². The second-order valence-corrected chi connectivity index (χ2v) is 5.62. The highest BCUT2D eigenvalue weighted by Crippen LogP contribution is 2.37. The highest BCUT2D eigenvalue weighted by Gasteiger charge is 2.36. The van der Waals surface area contributed by atoms with Gasteiger partial charge in [-0.05, 0) is 30.6 Å². The molecule has 0 spiro atoms. The Morgan fingerprint density at radius 1 is 1.27 bits per heavy atom. The topological polar surface area (TPSA) is 23.5 Å². The van der Waals surface area contributed by atoms with Crippen LogP contribution in [0.1, 0.15) is 39.5 Å². The Labute approximate surface area is 93.7 Å². The molecular weight excluding hydrogens is 186 g/mol. The van der Waals surface area contributed by atoms with Gasteiger partial charge in [0.1, 0.15) is 0 Å². The van der Waals surface area contributed by atoms with Crippen LogP contribution in [0.4, 0.5) is 0 Å². The first-order valence-electron chi connectivity index (χ1n) is 6.61. The van der Waals surface area contributed by atoms with Crippen molar-refractivity contribution in [2.75, 3.05) is 19.6 Å². The Balaban J connectivity index is 1.77. The van der Waals surface area contributed by atoms with Crippen molar-refractivity contribution >= 4 is 0 Å². The van der Waals surface area contributed by atoms with E-state index in [1.807, 2.05) is 0 Å². The van der Waals surface area contributed by atoms with Crippen LogP contribution in [0.25, 0.3) is 0 Å². The van der Waals surface area contributed by atoms with Crippen molar-refractivity contribution in [2.24, 2.45) is 17.8 Å². The molecule has 0 aromatic heterocycles. The van der Waals surface area contributed by atoms with E-state index < -0.39 is 0 Å². The van der Waals surface area contributed by atoms with Crippen LogP contribution in [0, 0.1) is 17.8 Å². The number of fused-ring (bicyclic) bond motifs is 1. The number of rotatable bonds is 4. The van der Waals surface area contributed by atoms with Crippen LogP contribution in [0.15, 0.2) is 0 Å². The number of aliphatic hydroxyl groups excluding tert-OH is 1. The van der Waals surface area contributed by atoms with Crippen molar-refractivity contribution in [3.05, 3.63) is 0 Å². The molecule has 0 bridgehead atoms. The van der Waals surface area contributed by atoms with Crippen LogP contribution in [-0.2, 0) is 0 Å². The summed E-state index contributed by atoms with van der Waals surface area (Å²) in [6, 6.07) is 0. The molecule has 1 N–H and O–H groups in total. The Kier molecular flexibility index (Phi) is 3.68. The van der Waals surface area contributed by atoms with E-state index in [-0.39, 0.29) is 6.10 Å². The van der Waals surface area contributed by atoms with Gasteiger partial charge >= 0.3 is 0 Å². The van der Waals surface area contributed by atoms with Crippen LogP contribution in [0.5, 0.6) is 0 Å². The Morgan fingerprint density at radius 3 is 2.40 bits per heavy atom. The average Bonchev–Trinajstić information content (AvgIpc) is 2.76. The number of β-amino-alcohol motifs (C(OH)–C–C–N with tert-alkyl or cyclic N) is 1. The standard InChI is InChI=1S/C13H25NO/c1-3-10(2)13(15)9-14-7-11-5-4-6-12(11)8-14/h10-13,15H,3-9H2,1-2H3. The molecule has 1 aliphatic carbocycles. The molecule has 1 saturated carbocycles. The molecule has 4 atom stereocenters. The fourth-order valence-electron chi connectivity index (χ4n) is 3.20. The summed E-state index contributed by atoms with van der Waals surface area (Å²) in [6.07, 6.45) is 5.27. The van der Waals surface area contributed by atoms with E-state index in [1.54, 1.807) is 0 Å². The maximum Gasteiger partial charge on any atom is 0.0692 e. The van der Waals surface area contributed by atoms with Gasteiger partial charge in [0.25, 0.3) is 0 Å². The van der Waals surface area contributed by atoms with Crippen molar-refractivity contribution in [1.82, 2.24) is 4.90 Å². The summed E-state index contributed by atoms with van der Waals surface area (Å²) in [4.78, 5) is 2.49. The first-order chi connectivity index (χ1) is 7.20. The summed E-state index contributed by atoms with van der Waals surface area (Å²) >= 11 is 0. The average molecular weight is 211 g/mol. The second kappa shape index (κ2) is 4.84. The predicted molar refractivity (Wildman–Crippen MR) is 62.7 cm³/mol. The summed E-state index contributed by atoms with van der Waals surface area (Å²) in [7, 11) is 0. The maximum atomic E-state index is 10.00. The van der Waals surface area contributed by atoms with E-state index in [4.69, 9.17) is 0 Å². The number of hydrogen-bond donors (Lipinski definition) is 1. The van der Waals surface area contributed by atoms with E-state index in [0.29, 0.717) is 5.92 Å². The smallest absolute Gasteiger partial charge is 0.0692 e. The summed E-state index contributed by atoms with van der Waals surface area (Å²) in [5, 5.41) is 10.00. The Hall–Kier alpha value is -0.0800. The number of aliphatic hydroxyl groups is 1. The molecule has 0 aromatic carbocycles. The number of nitrogens with zero attached hydrogens (tertiary/aromatic N) is 1. The monoisotopic (exact) mass is 211 g/mol. The van der Waals surface area contributed by atoms with Gasteiger partial charge in [-0.1, -0.05) is 26.7 Å². The predicted octanol–water partition coefficient (Wildman–Crippen LogP) is 2.13. The van der Waals surface area contributed by atoms with Crippen molar-refractivity contribution in [3.63, 3.8) is 0 Å². The van der Waals surface area contributed by atoms with Gasteiger partial charge in [0, 0.05) is 19.6 Å². The summed E-state index contributed by atoms with van der Waals surface area (Å²) in [5.74, 6) is 2.36. The minimum Gasteiger partial charge on any atom is -0.392 e. The van der Waals surface area contributed by atoms with E-state index in [1.165, 1.54) is 32.4 Å². The van der Waals surface area contributed by atoms with Gasteiger partial charge in [-0.3, -0.25) is 0 Å². The highest BCUT2D eigenvalue weighted by molar-refractivity contribution is 4.89. The van der Waals surface area contributed by atoms with Crippen molar-refractivity contribution in [2.45, 2.75) is 45.6 Å². The maximum absolute atomic E-state index is 10.00. The molecule has 2 aliphatic rings. The van der Waals surface area contributed by atoms with Crippen LogP contribution in [-0.4, -0.2) is 35.7 Å². The molecule has 1 heterocycles. The molecule has 0 radical (unpaired) electrons. The first-order valence-corrected chi connectivity index (χ1v) is 6.61. The SMILES string of the molecule is CCC(C)C(O)CN1CC2CCCC2C1. The molecule has 2 rings (SSSR count). The lowest BCUT2D eigenvalue weighted by Crippen LogP contribution is -2.34. The molecule has 1 saturated heterocycles. The molecule has 0 amide bonds. The summed E-state index contributed by atoms with van der Waals surface area (Å²) < 4.78 is 0. The minimum absolute atomic E-state index is 0.117. The highest BCUT2D eigenvalue weighted by atomic mass is 16.3. The van der Waals surface area contributed by atoms with Gasteiger partial charge in [-0.15, -0.1) is 0 Å².